The number of hydrogen-bond acceptors (Lipinski definition) is 4. The van der Waals surface area contributed by atoms with Gasteiger partial charge in [0.1, 0.15) is 5.82 Å². The topological polar surface area (TPSA) is 71.6 Å². The number of carbonyl (C=O) groups is 1. The number of nitrogens with one attached hydrogen (secondary N) is 1. The van der Waals surface area contributed by atoms with Crippen LogP contribution in [0, 0.1) is 12.3 Å². The summed E-state index contributed by atoms with van der Waals surface area (Å²) in [6.07, 6.45) is 12.6. The van der Waals surface area contributed by atoms with Crippen LogP contribution in [0.5, 0.6) is 0 Å². The number of aryl methyl sites for hydroxylation is 1. The minimum Gasteiger partial charge on any atom is -0.311 e. The number of anilines is 1. The quantitative estimate of drug-likeness (QED) is 0.784. The van der Waals surface area contributed by atoms with Crippen molar-refractivity contribution in [1.29, 1.82) is 0 Å². The Balaban J connectivity index is 1.51. The van der Waals surface area contributed by atoms with Crippen molar-refractivity contribution < 1.29 is 4.79 Å². The third-order valence-corrected chi connectivity index (χ3v) is 4.74. The summed E-state index contributed by atoms with van der Waals surface area (Å²) < 4.78 is 1.76. The van der Waals surface area contributed by atoms with E-state index in [1.165, 1.54) is 25.7 Å². The zero-order valence-electron chi connectivity index (χ0n) is 13.6. The fourth-order valence-corrected chi connectivity index (χ4v) is 3.21. The van der Waals surface area contributed by atoms with Crippen LogP contribution in [-0.2, 0) is 11.8 Å². The van der Waals surface area contributed by atoms with Gasteiger partial charge in [0.2, 0.25) is 5.91 Å². The lowest BCUT2D eigenvalue weighted by atomic mass is 10.0. The van der Waals surface area contributed by atoms with E-state index in [0.29, 0.717) is 25.2 Å². The van der Waals surface area contributed by atoms with Gasteiger partial charge in [0.15, 0.2) is 5.66 Å². The third kappa shape index (κ3) is 3.79. The summed E-state index contributed by atoms with van der Waals surface area (Å²) in [5.74, 6) is 3.88. The van der Waals surface area contributed by atoms with Gasteiger partial charge in [0, 0.05) is 44.7 Å². The summed E-state index contributed by atoms with van der Waals surface area (Å²) in [6, 6.07) is 2.01. The van der Waals surface area contributed by atoms with Crippen LogP contribution in [0.1, 0.15) is 63.0 Å². The predicted octanol–water partition coefficient (Wildman–Crippen LogP) is 3.37. The maximum absolute atomic E-state index is 12.2. The Morgan fingerprint density at radius 2 is 2.17 bits per heavy atom. The maximum Gasteiger partial charge on any atom is 0.225 e. The summed E-state index contributed by atoms with van der Waals surface area (Å²) in [6.45, 7) is 0. The van der Waals surface area contributed by atoms with Crippen molar-refractivity contribution in [3.63, 3.8) is 0 Å². The minimum atomic E-state index is -0.398. The van der Waals surface area contributed by atoms with Gasteiger partial charge in [-0.3, -0.25) is 9.48 Å². The van der Waals surface area contributed by atoms with Crippen LogP contribution in [-0.4, -0.2) is 21.4 Å². The molecule has 1 saturated carbocycles. The van der Waals surface area contributed by atoms with Crippen LogP contribution in [0.15, 0.2) is 16.3 Å². The largest absolute Gasteiger partial charge is 0.311 e. The van der Waals surface area contributed by atoms with E-state index in [1.807, 2.05) is 13.1 Å². The molecule has 3 rings (SSSR count). The molecule has 0 atom stereocenters. The van der Waals surface area contributed by atoms with Gasteiger partial charge in [-0.2, -0.15) is 15.3 Å². The molecule has 1 fully saturated rings. The molecular formula is C17H23N5O. The van der Waals surface area contributed by atoms with Gasteiger partial charge < -0.3 is 5.32 Å². The molecule has 23 heavy (non-hydrogen) atoms. The molecule has 1 N–H and O–H groups in total. The summed E-state index contributed by atoms with van der Waals surface area (Å²) in [5, 5.41) is 15.6. The first-order valence-corrected chi connectivity index (χ1v) is 8.33. The summed E-state index contributed by atoms with van der Waals surface area (Å²) >= 11 is 0. The lowest BCUT2D eigenvalue weighted by Gasteiger charge is -2.09. The number of amides is 1. The molecule has 0 aromatic carbocycles. The maximum atomic E-state index is 12.2. The van der Waals surface area contributed by atoms with Gasteiger partial charge in [-0.05, 0) is 12.8 Å². The molecule has 1 aliphatic carbocycles. The van der Waals surface area contributed by atoms with E-state index in [4.69, 9.17) is 6.42 Å². The van der Waals surface area contributed by atoms with Crippen LogP contribution in [0.25, 0.3) is 0 Å². The molecule has 0 saturated heterocycles. The predicted molar refractivity (Wildman–Crippen MR) is 87.9 cm³/mol. The van der Waals surface area contributed by atoms with E-state index in [1.54, 1.807) is 4.68 Å². The summed E-state index contributed by atoms with van der Waals surface area (Å²) in [5.41, 5.74) is 0.698. The van der Waals surface area contributed by atoms with Crippen molar-refractivity contribution in [1.82, 2.24) is 9.78 Å². The van der Waals surface area contributed by atoms with Crippen molar-refractivity contribution in [3.05, 3.63) is 11.8 Å². The normalized spacial score (nSPS) is 18.8. The second-order valence-electron chi connectivity index (χ2n) is 6.49. The van der Waals surface area contributed by atoms with Gasteiger partial charge in [0.25, 0.3) is 0 Å². The Hall–Kier alpha value is -2.16. The highest BCUT2D eigenvalue weighted by Gasteiger charge is 2.39. The van der Waals surface area contributed by atoms with Gasteiger partial charge in [-0.25, -0.2) is 0 Å². The highest BCUT2D eigenvalue weighted by molar-refractivity contribution is 5.90. The standard InChI is InChI=1S/C17H23N5O/c1-3-4-10-17(20-21-17)11-9-16(23)18-15-12-14(19-22(15)2)13-7-5-6-8-13/h1,12-13H,4-11H2,2H3,(H,18,23). The molecule has 0 bridgehead atoms. The van der Waals surface area contributed by atoms with E-state index < -0.39 is 5.66 Å². The molecule has 1 amide bonds. The van der Waals surface area contributed by atoms with Crippen LogP contribution < -0.4 is 5.32 Å². The first-order chi connectivity index (χ1) is 11.1. The van der Waals surface area contributed by atoms with Gasteiger partial charge >= 0.3 is 0 Å². The van der Waals surface area contributed by atoms with Crippen LogP contribution >= 0.6 is 0 Å². The lowest BCUT2D eigenvalue weighted by Crippen LogP contribution is -2.18. The average molecular weight is 313 g/mol. The Bertz CT molecular complexity index is 642. The molecule has 1 aliphatic heterocycles. The van der Waals surface area contributed by atoms with Crippen molar-refractivity contribution in [2.75, 3.05) is 5.32 Å². The number of aromatic nitrogens is 2. The van der Waals surface area contributed by atoms with Crippen LogP contribution in [0.4, 0.5) is 5.82 Å². The SMILES string of the molecule is C#CCCC1(CCC(=O)Nc2cc(C3CCCC3)nn2C)N=N1. The molecule has 0 unspecified atom stereocenters. The van der Waals surface area contributed by atoms with Crippen molar-refractivity contribution in [2.45, 2.75) is 62.9 Å². The molecule has 122 valence electrons. The number of terminal acetylenes is 1. The third-order valence-electron chi connectivity index (χ3n) is 4.74. The molecule has 1 aromatic rings. The van der Waals surface area contributed by atoms with Gasteiger partial charge in [-0.1, -0.05) is 12.8 Å². The Labute approximate surface area is 136 Å². The van der Waals surface area contributed by atoms with E-state index in [0.717, 1.165) is 17.9 Å². The molecule has 1 aromatic heterocycles. The van der Waals surface area contributed by atoms with Crippen LogP contribution in [0.2, 0.25) is 0 Å². The number of carbonyl (C=O) groups excluding carboxylic acids is 1. The second-order valence-corrected chi connectivity index (χ2v) is 6.49. The molecular weight excluding hydrogens is 290 g/mol. The molecule has 0 spiro atoms. The number of rotatable bonds is 7. The fraction of sp³-hybridized carbons (Fsp3) is 0.647. The average Bonchev–Trinajstić information content (AvgIpc) is 2.94. The number of nitrogens with zero attached hydrogens (tertiary/aromatic N) is 4. The second kappa shape index (κ2) is 6.53. The monoisotopic (exact) mass is 313 g/mol. The molecule has 2 heterocycles. The van der Waals surface area contributed by atoms with E-state index in [-0.39, 0.29) is 5.91 Å². The Kier molecular flexibility index (Phi) is 4.46. The first kappa shape index (κ1) is 15.7. The zero-order chi connectivity index (χ0) is 16.3. The van der Waals surface area contributed by atoms with Crippen molar-refractivity contribution >= 4 is 11.7 Å². The Morgan fingerprint density at radius 3 is 2.83 bits per heavy atom. The van der Waals surface area contributed by atoms with Crippen LogP contribution in [0.3, 0.4) is 0 Å². The zero-order valence-corrected chi connectivity index (χ0v) is 13.6. The molecule has 6 nitrogen and oxygen atoms in total. The van der Waals surface area contributed by atoms with Crippen molar-refractivity contribution in [3.8, 4) is 12.3 Å². The van der Waals surface area contributed by atoms with E-state index in [2.05, 4.69) is 26.6 Å². The lowest BCUT2D eigenvalue weighted by molar-refractivity contribution is -0.116. The van der Waals surface area contributed by atoms with Gasteiger partial charge in [0.05, 0.1) is 5.69 Å². The van der Waals surface area contributed by atoms with Gasteiger partial charge in [-0.15, -0.1) is 12.3 Å². The molecule has 0 radical (unpaired) electrons. The first-order valence-electron chi connectivity index (χ1n) is 8.33. The summed E-state index contributed by atoms with van der Waals surface area (Å²) in [4.78, 5) is 12.2. The highest BCUT2D eigenvalue weighted by atomic mass is 16.1. The number of hydrogen-bond donors (Lipinski definition) is 1. The smallest absolute Gasteiger partial charge is 0.225 e. The highest BCUT2D eigenvalue weighted by Crippen LogP contribution is 2.38. The van der Waals surface area contributed by atoms with E-state index in [9.17, 15) is 4.79 Å². The van der Waals surface area contributed by atoms with Crippen molar-refractivity contribution in [2.24, 2.45) is 17.3 Å². The molecule has 2 aliphatic rings. The summed E-state index contributed by atoms with van der Waals surface area (Å²) in [7, 11) is 1.87. The molecule has 6 heteroatoms. The fourth-order valence-electron chi connectivity index (χ4n) is 3.21. The van der Waals surface area contributed by atoms with E-state index >= 15 is 0 Å². The Morgan fingerprint density at radius 1 is 1.43 bits per heavy atom. The minimum absolute atomic E-state index is 0.0247.